The Balaban J connectivity index is 2.20. The van der Waals surface area contributed by atoms with Gasteiger partial charge in [0.25, 0.3) is 0 Å². The SMILES string of the molecule is CCCNC(CC)c1nnc(-c2cc(Cl)sc2Cl)s1. The number of hydrogen-bond donors (Lipinski definition) is 1. The van der Waals surface area contributed by atoms with Crippen LogP contribution >= 0.6 is 45.9 Å². The first-order valence-electron chi connectivity index (χ1n) is 6.17. The van der Waals surface area contributed by atoms with Crippen molar-refractivity contribution in [2.24, 2.45) is 0 Å². The Morgan fingerprint density at radius 1 is 1.26 bits per heavy atom. The summed E-state index contributed by atoms with van der Waals surface area (Å²) in [7, 11) is 0. The first kappa shape index (κ1) is 15.2. The van der Waals surface area contributed by atoms with Crippen molar-refractivity contribution in [1.82, 2.24) is 15.5 Å². The molecule has 0 amide bonds. The van der Waals surface area contributed by atoms with E-state index in [-0.39, 0.29) is 6.04 Å². The van der Waals surface area contributed by atoms with Crippen LogP contribution in [0.5, 0.6) is 0 Å². The summed E-state index contributed by atoms with van der Waals surface area (Å²) in [6.45, 7) is 5.28. The van der Waals surface area contributed by atoms with Crippen molar-refractivity contribution in [3.63, 3.8) is 0 Å². The lowest BCUT2D eigenvalue weighted by Crippen LogP contribution is -2.21. The van der Waals surface area contributed by atoms with Gasteiger partial charge in [-0.05, 0) is 25.5 Å². The summed E-state index contributed by atoms with van der Waals surface area (Å²) < 4.78 is 1.34. The zero-order valence-corrected chi connectivity index (χ0v) is 13.9. The molecule has 0 spiro atoms. The standard InChI is InChI=1S/C12H15Cl2N3S2/c1-3-5-15-8(4-2)12-17-16-11(19-12)7-6-9(13)18-10(7)14/h6,8,15H,3-5H2,1-2H3. The van der Waals surface area contributed by atoms with Gasteiger partial charge in [-0.1, -0.05) is 48.4 Å². The van der Waals surface area contributed by atoms with Crippen molar-refractivity contribution in [3.05, 3.63) is 19.7 Å². The largest absolute Gasteiger partial charge is 0.308 e. The number of thiophene rings is 1. The Hall–Kier alpha value is -0.200. The molecule has 2 heterocycles. The van der Waals surface area contributed by atoms with Crippen LogP contribution in [-0.4, -0.2) is 16.7 Å². The van der Waals surface area contributed by atoms with E-state index in [2.05, 4.69) is 29.4 Å². The van der Waals surface area contributed by atoms with Crippen LogP contribution in [0.3, 0.4) is 0 Å². The fourth-order valence-electron chi connectivity index (χ4n) is 1.70. The predicted octanol–water partition coefficient (Wildman–Crippen LogP) is 5.02. The molecule has 104 valence electrons. The van der Waals surface area contributed by atoms with E-state index in [1.807, 2.05) is 6.07 Å². The van der Waals surface area contributed by atoms with E-state index >= 15 is 0 Å². The highest BCUT2D eigenvalue weighted by Crippen LogP contribution is 2.39. The van der Waals surface area contributed by atoms with Crippen molar-refractivity contribution in [1.29, 1.82) is 0 Å². The summed E-state index contributed by atoms with van der Waals surface area (Å²) in [5.74, 6) is 0. The van der Waals surface area contributed by atoms with E-state index in [1.165, 1.54) is 11.3 Å². The van der Waals surface area contributed by atoms with Crippen molar-refractivity contribution >= 4 is 45.9 Å². The lowest BCUT2D eigenvalue weighted by Gasteiger charge is -2.12. The fourth-order valence-corrected chi connectivity index (χ4v) is 4.31. The van der Waals surface area contributed by atoms with Gasteiger partial charge in [-0.2, -0.15) is 0 Å². The Morgan fingerprint density at radius 3 is 2.63 bits per heavy atom. The number of nitrogens with zero attached hydrogens (tertiary/aromatic N) is 2. The van der Waals surface area contributed by atoms with Crippen LogP contribution in [0.2, 0.25) is 8.67 Å². The van der Waals surface area contributed by atoms with Gasteiger partial charge in [0.1, 0.15) is 14.4 Å². The second-order valence-electron chi connectivity index (χ2n) is 4.10. The molecule has 0 fully saturated rings. The maximum Gasteiger partial charge on any atom is 0.150 e. The molecule has 1 N–H and O–H groups in total. The van der Waals surface area contributed by atoms with E-state index in [4.69, 9.17) is 23.2 Å². The van der Waals surface area contributed by atoms with Crippen molar-refractivity contribution in [2.45, 2.75) is 32.7 Å². The Morgan fingerprint density at radius 2 is 2.05 bits per heavy atom. The molecular weight excluding hydrogens is 321 g/mol. The number of rotatable bonds is 6. The maximum absolute atomic E-state index is 6.14. The first-order chi connectivity index (χ1) is 9.15. The number of hydrogen-bond acceptors (Lipinski definition) is 5. The molecule has 0 aromatic carbocycles. The zero-order valence-electron chi connectivity index (χ0n) is 10.7. The molecule has 0 radical (unpaired) electrons. The monoisotopic (exact) mass is 335 g/mol. The topological polar surface area (TPSA) is 37.8 Å². The van der Waals surface area contributed by atoms with E-state index in [9.17, 15) is 0 Å². The van der Waals surface area contributed by atoms with Crippen LogP contribution in [-0.2, 0) is 0 Å². The van der Waals surface area contributed by atoms with Crippen molar-refractivity contribution < 1.29 is 0 Å². The predicted molar refractivity (Wildman–Crippen MR) is 84.6 cm³/mol. The Labute approximate surface area is 131 Å². The van der Waals surface area contributed by atoms with Gasteiger partial charge in [0.2, 0.25) is 0 Å². The summed E-state index contributed by atoms with van der Waals surface area (Å²) in [4.78, 5) is 0. The third kappa shape index (κ3) is 3.67. The van der Waals surface area contributed by atoms with Gasteiger partial charge < -0.3 is 5.32 Å². The van der Waals surface area contributed by atoms with Gasteiger partial charge >= 0.3 is 0 Å². The maximum atomic E-state index is 6.14. The van der Waals surface area contributed by atoms with Gasteiger partial charge in [0.15, 0.2) is 0 Å². The second kappa shape index (κ2) is 6.99. The molecule has 2 aromatic rings. The smallest absolute Gasteiger partial charge is 0.150 e. The van der Waals surface area contributed by atoms with Crippen molar-refractivity contribution in [2.75, 3.05) is 6.54 Å². The highest BCUT2D eigenvalue weighted by molar-refractivity contribution is 7.21. The van der Waals surface area contributed by atoms with Crippen molar-refractivity contribution in [3.8, 4) is 10.6 Å². The Kier molecular flexibility index (Phi) is 5.59. The average molecular weight is 336 g/mol. The minimum Gasteiger partial charge on any atom is -0.308 e. The first-order valence-corrected chi connectivity index (χ1v) is 8.56. The fraction of sp³-hybridized carbons (Fsp3) is 0.500. The van der Waals surface area contributed by atoms with Gasteiger partial charge in [-0.25, -0.2) is 0 Å². The second-order valence-corrected chi connectivity index (χ2v) is 7.39. The molecule has 0 aliphatic carbocycles. The number of aromatic nitrogens is 2. The van der Waals surface area contributed by atoms with E-state index in [0.717, 1.165) is 35.0 Å². The van der Waals surface area contributed by atoms with Crippen LogP contribution in [0.1, 0.15) is 37.7 Å². The van der Waals surface area contributed by atoms with Gasteiger partial charge in [0.05, 0.1) is 10.4 Å². The summed E-state index contributed by atoms with van der Waals surface area (Å²) >= 11 is 15.0. The lowest BCUT2D eigenvalue weighted by atomic mass is 10.2. The average Bonchev–Trinajstić information content (AvgIpc) is 2.97. The van der Waals surface area contributed by atoms with Crippen LogP contribution in [0.4, 0.5) is 0 Å². The van der Waals surface area contributed by atoms with Crippen LogP contribution in [0.15, 0.2) is 6.07 Å². The molecule has 1 unspecified atom stereocenters. The van der Waals surface area contributed by atoms with E-state index < -0.39 is 0 Å². The quantitative estimate of drug-likeness (QED) is 0.804. The summed E-state index contributed by atoms with van der Waals surface area (Å²) in [6, 6.07) is 2.11. The van der Waals surface area contributed by atoms with E-state index in [0.29, 0.717) is 8.67 Å². The minimum absolute atomic E-state index is 0.263. The molecule has 7 heteroatoms. The molecule has 0 aliphatic rings. The molecule has 2 rings (SSSR count). The third-order valence-electron chi connectivity index (χ3n) is 2.67. The van der Waals surface area contributed by atoms with Gasteiger partial charge in [0, 0.05) is 5.56 Å². The molecule has 0 aliphatic heterocycles. The molecule has 19 heavy (non-hydrogen) atoms. The molecule has 0 saturated heterocycles. The molecule has 2 aromatic heterocycles. The molecule has 0 saturated carbocycles. The zero-order chi connectivity index (χ0) is 13.8. The molecule has 1 atom stereocenters. The minimum atomic E-state index is 0.263. The summed E-state index contributed by atoms with van der Waals surface area (Å²) in [5.41, 5.74) is 0.880. The number of nitrogens with one attached hydrogen (secondary N) is 1. The van der Waals surface area contributed by atoms with E-state index in [1.54, 1.807) is 11.3 Å². The highest BCUT2D eigenvalue weighted by Gasteiger charge is 2.17. The van der Waals surface area contributed by atoms with Gasteiger partial charge in [-0.15, -0.1) is 21.5 Å². The summed E-state index contributed by atoms with van der Waals surface area (Å²) in [5, 5.41) is 13.8. The number of halogens is 2. The highest BCUT2D eigenvalue weighted by atomic mass is 35.5. The normalized spacial score (nSPS) is 12.8. The van der Waals surface area contributed by atoms with Crippen LogP contribution in [0, 0.1) is 0 Å². The summed E-state index contributed by atoms with van der Waals surface area (Å²) in [6.07, 6.45) is 2.10. The molecule has 0 bridgehead atoms. The van der Waals surface area contributed by atoms with Crippen LogP contribution in [0.25, 0.3) is 10.6 Å². The third-order valence-corrected chi connectivity index (χ3v) is 5.23. The van der Waals surface area contributed by atoms with Crippen LogP contribution < -0.4 is 5.32 Å². The van der Waals surface area contributed by atoms with Gasteiger partial charge in [-0.3, -0.25) is 0 Å². The molecule has 3 nitrogen and oxygen atoms in total. The lowest BCUT2D eigenvalue weighted by molar-refractivity contribution is 0.513. The molecular formula is C12H15Cl2N3S2. The Bertz CT molecular complexity index is 539.